The van der Waals surface area contributed by atoms with Crippen LogP contribution in [0.15, 0.2) is 97.2 Å². The largest absolute Gasteiger partial charge is 0.462 e. The molecule has 68 heavy (non-hydrogen) atoms. The second-order valence-electron chi connectivity index (χ2n) is 18.5. The Kier molecular flexibility index (Phi) is 52.9. The number of hydrogen-bond donors (Lipinski definition) is 0. The number of carbonyl (C=O) groups is 3. The molecule has 0 aromatic carbocycles. The fraction of sp³-hybridized carbons (Fsp3) is 0.694. The lowest BCUT2D eigenvalue weighted by Gasteiger charge is -2.18. The van der Waals surface area contributed by atoms with E-state index in [0.717, 1.165) is 109 Å². The molecule has 0 rings (SSSR count). The van der Waals surface area contributed by atoms with E-state index in [4.69, 9.17) is 14.2 Å². The second kappa shape index (κ2) is 55.9. The lowest BCUT2D eigenvalue weighted by Crippen LogP contribution is -2.30. The minimum Gasteiger partial charge on any atom is -0.462 e. The molecule has 0 radical (unpaired) electrons. The highest BCUT2D eigenvalue weighted by atomic mass is 16.6. The monoisotopic (exact) mass is 945 g/mol. The summed E-state index contributed by atoms with van der Waals surface area (Å²) >= 11 is 0. The Bertz CT molecular complexity index is 1360. The van der Waals surface area contributed by atoms with Gasteiger partial charge in [0.25, 0.3) is 0 Å². The Balaban J connectivity index is 4.46. The van der Waals surface area contributed by atoms with E-state index in [0.29, 0.717) is 19.3 Å². The van der Waals surface area contributed by atoms with Gasteiger partial charge in [-0.3, -0.25) is 14.4 Å². The molecule has 1 atom stereocenters. The molecular weight excluding hydrogens is 841 g/mol. The molecule has 0 fully saturated rings. The molecule has 0 amide bonds. The van der Waals surface area contributed by atoms with Crippen LogP contribution in [-0.2, 0) is 28.6 Å². The Morgan fingerprint density at radius 3 is 0.956 bits per heavy atom. The Morgan fingerprint density at radius 2 is 0.574 bits per heavy atom. The molecule has 0 heterocycles. The molecule has 0 aliphatic heterocycles. The van der Waals surface area contributed by atoms with Crippen LogP contribution in [0.4, 0.5) is 0 Å². The third kappa shape index (κ3) is 53.3. The van der Waals surface area contributed by atoms with E-state index >= 15 is 0 Å². The molecule has 0 aliphatic rings. The molecule has 388 valence electrons. The first kappa shape index (κ1) is 64.3. The van der Waals surface area contributed by atoms with Gasteiger partial charge in [-0.05, 0) is 103 Å². The molecule has 6 heteroatoms. The summed E-state index contributed by atoms with van der Waals surface area (Å²) in [5, 5.41) is 0. The number of esters is 3. The van der Waals surface area contributed by atoms with E-state index in [-0.39, 0.29) is 31.1 Å². The Labute approximate surface area is 419 Å². The highest BCUT2D eigenvalue weighted by Crippen LogP contribution is 2.15. The van der Waals surface area contributed by atoms with Crippen molar-refractivity contribution >= 4 is 17.9 Å². The van der Waals surface area contributed by atoms with Gasteiger partial charge in [0.15, 0.2) is 6.10 Å². The van der Waals surface area contributed by atoms with Crippen LogP contribution in [0.3, 0.4) is 0 Å². The maximum atomic E-state index is 12.8. The summed E-state index contributed by atoms with van der Waals surface area (Å²) in [6.45, 7) is 6.46. The van der Waals surface area contributed by atoms with Gasteiger partial charge in [0.1, 0.15) is 13.2 Å². The number of rotatable bonds is 50. The van der Waals surface area contributed by atoms with Crippen LogP contribution >= 0.6 is 0 Å². The lowest BCUT2D eigenvalue weighted by molar-refractivity contribution is -0.167. The van der Waals surface area contributed by atoms with Crippen molar-refractivity contribution in [3.63, 3.8) is 0 Å². The van der Waals surface area contributed by atoms with E-state index in [1.54, 1.807) is 0 Å². The SMILES string of the molecule is CC/C=C\C/C=C\C/C=C\C/C=C\C/C=C\C/C=C\CCCCC(=O)OCC(COC(=O)CCCCCCCCCCCCCC)OC(=O)CCCCCCCCC/C=C\C/C=C\CCCCC. The second-order valence-corrected chi connectivity index (χ2v) is 18.5. The average Bonchev–Trinajstić information content (AvgIpc) is 3.34. The van der Waals surface area contributed by atoms with Crippen molar-refractivity contribution < 1.29 is 28.6 Å². The van der Waals surface area contributed by atoms with E-state index in [9.17, 15) is 14.4 Å². The van der Waals surface area contributed by atoms with Crippen molar-refractivity contribution in [2.24, 2.45) is 0 Å². The van der Waals surface area contributed by atoms with Gasteiger partial charge in [0, 0.05) is 19.3 Å². The zero-order valence-electron chi connectivity index (χ0n) is 44.3. The molecule has 6 nitrogen and oxygen atoms in total. The quantitative estimate of drug-likeness (QED) is 0.0262. The maximum Gasteiger partial charge on any atom is 0.306 e. The summed E-state index contributed by atoms with van der Waals surface area (Å²) in [4.78, 5) is 38.1. The Morgan fingerprint density at radius 1 is 0.309 bits per heavy atom. The molecular formula is C62H104O6. The van der Waals surface area contributed by atoms with Gasteiger partial charge in [0.2, 0.25) is 0 Å². The van der Waals surface area contributed by atoms with Crippen molar-refractivity contribution in [3.8, 4) is 0 Å². The number of unbranched alkanes of at least 4 members (excludes halogenated alkanes) is 23. The van der Waals surface area contributed by atoms with E-state index in [2.05, 4.69) is 118 Å². The molecule has 0 aromatic rings. The summed E-state index contributed by atoms with van der Waals surface area (Å²) in [5.41, 5.74) is 0. The predicted octanol–water partition coefficient (Wildman–Crippen LogP) is 18.9. The first-order valence-electron chi connectivity index (χ1n) is 28.2. The molecule has 0 saturated heterocycles. The van der Waals surface area contributed by atoms with Crippen LogP contribution in [0.2, 0.25) is 0 Å². The van der Waals surface area contributed by atoms with Gasteiger partial charge in [0.05, 0.1) is 0 Å². The van der Waals surface area contributed by atoms with Crippen molar-refractivity contribution in [1.82, 2.24) is 0 Å². The fourth-order valence-corrected chi connectivity index (χ4v) is 7.59. The minimum atomic E-state index is -0.799. The molecule has 0 bridgehead atoms. The highest BCUT2D eigenvalue weighted by Gasteiger charge is 2.19. The lowest BCUT2D eigenvalue weighted by atomic mass is 10.0. The third-order valence-corrected chi connectivity index (χ3v) is 11.8. The molecule has 0 saturated carbocycles. The van der Waals surface area contributed by atoms with Crippen molar-refractivity contribution in [3.05, 3.63) is 97.2 Å². The maximum absolute atomic E-state index is 12.8. The molecule has 0 N–H and O–H groups in total. The van der Waals surface area contributed by atoms with Crippen LogP contribution in [0.1, 0.15) is 258 Å². The third-order valence-electron chi connectivity index (χ3n) is 11.8. The van der Waals surface area contributed by atoms with E-state index < -0.39 is 6.10 Å². The molecule has 0 aromatic heterocycles. The number of hydrogen-bond acceptors (Lipinski definition) is 6. The number of ether oxygens (including phenoxy) is 3. The van der Waals surface area contributed by atoms with Gasteiger partial charge >= 0.3 is 17.9 Å². The summed E-state index contributed by atoms with van der Waals surface area (Å²) in [6, 6.07) is 0. The normalized spacial score (nSPS) is 12.8. The first-order chi connectivity index (χ1) is 33.5. The zero-order valence-corrected chi connectivity index (χ0v) is 44.3. The predicted molar refractivity (Wildman–Crippen MR) is 293 cm³/mol. The van der Waals surface area contributed by atoms with Crippen LogP contribution in [0.25, 0.3) is 0 Å². The standard InChI is InChI=1S/C62H104O6/c1-4-7-10-13-16-19-22-25-27-29-30-31-32-34-35-37-40-43-46-49-52-55-61(64)67-58-59(57-66-60(63)54-51-48-45-42-39-24-21-18-15-12-9-6-3)68-62(65)56-53-50-47-44-41-38-36-33-28-26-23-20-17-14-11-8-5-2/h7,10,16-17,19-20,25-28,30-31,34-35,40,43,59H,4-6,8-9,11-15,18,21-24,29,32-33,36-39,41-42,44-58H2,1-3H3/b10-7-,19-16-,20-17-,27-25-,28-26-,31-30-,35-34-,43-40-. The highest BCUT2D eigenvalue weighted by molar-refractivity contribution is 5.71. The van der Waals surface area contributed by atoms with Gasteiger partial charge in [-0.15, -0.1) is 0 Å². The summed E-state index contributed by atoms with van der Waals surface area (Å²) in [5.74, 6) is -0.944. The summed E-state index contributed by atoms with van der Waals surface area (Å²) in [6.07, 6.45) is 73.9. The minimum absolute atomic E-state index is 0.0935. The van der Waals surface area contributed by atoms with Gasteiger partial charge in [-0.25, -0.2) is 0 Å². The smallest absolute Gasteiger partial charge is 0.306 e. The number of carbonyl (C=O) groups excluding carboxylic acids is 3. The van der Waals surface area contributed by atoms with E-state index in [1.807, 2.05) is 0 Å². The average molecular weight is 946 g/mol. The zero-order chi connectivity index (χ0) is 49.3. The molecule has 0 spiro atoms. The van der Waals surface area contributed by atoms with Crippen LogP contribution in [0, 0.1) is 0 Å². The first-order valence-corrected chi connectivity index (χ1v) is 28.2. The van der Waals surface area contributed by atoms with Gasteiger partial charge in [-0.2, -0.15) is 0 Å². The van der Waals surface area contributed by atoms with Crippen LogP contribution in [0.5, 0.6) is 0 Å². The molecule has 0 aliphatic carbocycles. The molecule has 1 unspecified atom stereocenters. The van der Waals surface area contributed by atoms with Crippen molar-refractivity contribution in [1.29, 1.82) is 0 Å². The summed E-state index contributed by atoms with van der Waals surface area (Å²) in [7, 11) is 0. The Hall–Kier alpha value is -3.67. The number of allylic oxidation sites excluding steroid dienone is 16. The van der Waals surface area contributed by atoms with Crippen LogP contribution < -0.4 is 0 Å². The van der Waals surface area contributed by atoms with Crippen LogP contribution in [-0.4, -0.2) is 37.2 Å². The van der Waals surface area contributed by atoms with Gasteiger partial charge in [-0.1, -0.05) is 234 Å². The topological polar surface area (TPSA) is 78.9 Å². The van der Waals surface area contributed by atoms with E-state index in [1.165, 1.54) is 109 Å². The van der Waals surface area contributed by atoms with Crippen molar-refractivity contribution in [2.75, 3.05) is 13.2 Å². The fourth-order valence-electron chi connectivity index (χ4n) is 7.59. The van der Waals surface area contributed by atoms with Gasteiger partial charge < -0.3 is 14.2 Å². The summed E-state index contributed by atoms with van der Waals surface area (Å²) < 4.78 is 16.8. The van der Waals surface area contributed by atoms with Crippen molar-refractivity contribution in [2.45, 2.75) is 264 Å².